The number of carbonyl (C=O) groups excluding carboxylic acids is 4. The smallest absolute Gasteiger partial charge is 0.410 e. The molecule has 5 rings (SSSR count). The van der Waals surface area contributed by atoms with Gasteiger partial charge in [0.2, 0.25) is 0 Å². The Morgan fingerprint density at radius 3 is 2.36 bits per heavy atom. The number of amides is 1. The molecule has 0 spiro atoms. The van der Waals surface area contributed by atoms with Crippen molar-refractivity contribution in [2.24, 2.45) is 23.7 Å². The number of ketones is 2. The van der Waals surface area contributed by atoms with Gasteiger partial charge >= 0.3 is 12.1 Å². The van der Waals surface area contributed by atoms with E-state index in [0.717, 1.165) is 23.0 Å². The number of esters is 1. The molecule has 13 atom stereocenters. The van der Waals surface area contributed by atoms with E-state index in [1.807, 2.05) is 70.1 Å². The summed E-state index contributed by atoms with van der Waals surface area (Å²) in [6, 6.07) is 11.0. The fraction of sp³-hybridized carbons (Fsp3) is 0.698. The minimum atomic E-state index is -1.25. The summed E-state index contributed by atoms with van der Waals surface area (Å²) in [5.74, 6) is -4.81. The van der Waals surface area contributed by atoms with E-state index in [-0.39, 0.29) is 24.3 Å². The molecule has 0 aliphatic carbocycles. The fourth-order valence-electron chi connectivity index (χ4n) is 9.00. The van der Waals surface area contributed by atoms with Gasteiger partial charge in [-0.25, -0.2) is 4.79 Å². The first-order valence-corrected chi connectivity index (χ1v) is 20.3. The van der Waals surface area contributed by atoms with Gasteiger partial charge in [-0.3, -0.25) is 19.4 Å². The van der Waals surface area contributed by atoms with Crippen LogP contribution in [0.25, 0.3) is 10.9 Å². The summed E-state index contributed by atoms with van der Waals surface area (Å²) in [7, 11) is 5.25. The van der Waals surface area contributed by atoms with Gasteiger partial charge in [0.05, 0.1) is 29.4 Å². The topological polar surface area (TPSA) is 154 Å². The van der Waals surface area contributed by atoms with E-state index in [4.69, 9.17) is 28.7 Å². The standard InChI is InChI=1S/C43H63N3O10/c1-11-33-38-34(46(42(51)55-38)21-15-14-17-30-20-19-29-16-12-13-18-31(29)44-30)26(4)35(47)24(2)23-43(7,52-10)39(27(5)36(48)28(6)40(50)54-33)56-41-37(49)32(45(8)9)22-25(3)53-41/h12-13,16,18-20,24-28,32-34,37-39,41,49H,11,14-15,17,21-23H2,1-10H3/t24-,25-,26-,27+,28-,32+,33-,34-,37-,38-,39-,41?,43+/m1/s1. The van der Waals surface area contributed by atoms with Gasteiger partial charge in [-0.15, -0.1) is 0 Å². The molecule has 0 bridgehead atoms. The minimum absolute atomic E-state index is 0.133. The number of likely N-dealkylation sites (N-methyl/N-ethyl adjacent to an activating group) is 1. The number of hydrogen-bond donors (Lipinski definition) is 1. The van der Waals surface area contributed by atoms with Gasteiger partial charge in [0.15, 0.2) is 18.2 Å². The Labute approximate surface area is 331 Å². The number of aliphatic hydroxyl groups is 1. The lowest BCUT2D eigenvalue weighted by Crippen LogP contribution is -2.59. The number of aryl methyl sites for hydroxylation is 1. The first kappa shape index (κ1) is 43.6. The second-order valence-corrected chi connectivity index (χ2v) is 16.7. The van der Waals surface area contributed by atoms with E-state index < -0.39 is 83.9 Å². The van der Waals surface area contributed by atoms with E-state index >= 15 is 0 Å². The predicted octanol–water partition coefficient (Wildman–Crippen LogP) is 5.37. The van der Waals surface area contributed by atoms with E-state index in [1.165, 1.54) is 14.0 Å². The molecule has 0 saturated carbocycles. The van der Waals surface area contributed by atoms with Gasteiger partial charge in [-0.2, -0.15) is 0 Å². The van der Waals surface area contributed by atoms with Crippen molar-refractivity contribution in [2.75, 3.05) is 27.7 Å². The van der Waals surface area contributed by atoms with Crippen molar-refractivity contribution in [1.82, 2.24) is 14.8 Å². The molecule has 0 radical (unpaired) electrons. The third-order valence-electron chi connectivity index (χ3n) is 12.4. The zero-order valence-electron chi connectivity index (χ0n) is 34.8. The van der Waals surface area contributed by atoms with Gasteiger partial charge in [-0.05, 0) is 85.5 Å². The van der Waals surface area contributed by atoms with Crippen molar-refractivity contribution in [1.29, 1.82) is 0 Å². The van der Waals surface area contributed by atoms with Crippen LogP contribution in [-0.2, 0) is 44.5 Å². The van der Waals surface area contributed by atoms with E-state index in [9.17, 15) is 24.3 Å². The maximum absolute atomic E-state index is 14.6. The maximum Gasteiger partial charge on any atom is 0.410 e. The van der Waals surface area contributed by atoms with Crippen LogP contribution in [0.4, 0.5) is 4.79 Å². The molecule has 1 aromatic carbocycles. The number of pyridine rings is 1. The highest BCUT2D eigenvalue weighted by atomic mass is 16.7. The zero-order valence-corrected chi connectivity index (χ0v) is 34.8. The molecule has 56 heavy (non-hydrogen) atoms. The summed E-state index contributed by atoms with van der Waals surface area (Å²) in [6.07, 6.45) is -2.72. The molecule has 1 N–H and O–H groups in total. The number of aromatic nitrogens is 1. The molecular formula is C43H63N3O10. The van der Waals surface area contributed by atoms with Crippen molar-refractivity contribution < 1.29 is 48.0 Å². The number of aliphatic hydroxyl groups excluding tert-OH is 1. The maximum atomic E-state index is 14.6. The van der Waals surface area contributed by atoms with Crippen LogP contribution >= 0.6 is 0 Å². The molecule has 310 valence electrons. The minimum Gasteiger partial charge on any atom is -0.458 e. The number of nitrogens with zero attached hydrogens (tertiary/aromatic N) is 3. The summed E-state index contributed by atoms with van der Waals surface area (Å²) >= 11 is 0. The number of benzene rings is 1. The highest BCUT2D eigenvalue weighted by molar-refractivity contribution is 6.00. The summed E-state index contributed by atoms with van der Waals surface area (Å²) in [4.78, 5) is 64.5. The lowest BCUT2D eigenvalue weighted by molar-refractivity contribution is -0.295. The zero-order chi connectivity index (χ0) is 41.1. The van der Waals surface area contributed by atoms with Gasteiger partial charge in [0.25, 0.3) is 0 Å². The Hall–Kier alpha value is -3.49. The molecule has 1 aromatic heterocycles. The van der Waals surface area contributed by atoms with Crippen LogP contribution in [0.3, 0.4) is 0 Å². The lowest BCUT2D eigenvalue weighted by atomic mass is 9.75. The van der Waals surface area contributed by atoms with Crippen molar-refractivity contribution >= 4 is 34.5 Å². The Morgan fingerprint density at radius 1 is 0.964 bits per heavy atom. The quantitative estimate of drug-likeness (QED) is 0.187. The van der Waals surface area contributed by atoms with Crippen LogP contribution in [0.5, 0.6) is 0 Å². The summed E-state index contributed by atoms with van der Waals surface area (Å²) < 4.78 is 30.9. The molecule has 3 aliphatic rings. The molecule has 1 amide bonds. The van der Waals surface area contributed by atoms with Crippen LogP contribution in [-0.4, -0.2) is 126 Å². The number of unbranched alkanes of at least 4 members (excludes halogenated alkanes) is 1. The van der Waals surface area contributed by atoms with Crippen LogP contribution in [0.1, 0.15) is 86.3 Å². The number of hydrogen-bond acceptors (Lipinski definition) is 12. The first-order valence-electron chi connectivity index (χ1n) is 20.3. The van der Waals surface area contributed by atoms with Gasteiger partial charge in [-0.1, -0.05) is 52.0 Å². The van der Waals surface area contributed by atoms with Crippen LogP contribution < -0.4 is 0 Å². The highest BCUT2D eigenvalue weighted by Crippen LogP contribution is 2.39. The third kappa shape index (κ3) is 9.28. The Bertz CT molecular complexity index is 1700. The number of Topliss-reactive ketones (excluding diaryl/α,β-unsaturated/α-hetero) is 2. The van der Waals surface area contributed by atoms with Gasteiger partial charge in [0.1, 0.15) is 23.9 Å². The third-order valence-corrected chi connectivity index (χ3v) is 12.4. The molecule has 3 aliphatic heterocycles. The average molecular weight is 782 g/mol. The lowest BCUT2D eigenvalue weighted by Gasteiger charge is -2.47. The predicted molar refractivity (Wildman–Crippen MR) is 210 cm³/mol. The van der Waals surface area contributed by atoms with Crippen molar-refractivity contribution in [3.05, 3.63) is 42.1 Å². The van der Waals surface area contributed by atoms with E-state index in [0.29, 0.717) is 32.2 Å². The van der Waals surface area contributed by atoms with E-state index in [1.54, 1.807) is 25.7 Å². The highest BCUT2D eigenvalue weighted by Gasteiger charge is 2.54. The number of fused-ring (bicyclic) bond motifs is 2. The normalized spacial score (nSPS) is 36.3. The number of rotatable bonds is 10. The summed E-state index contributed by atoms with van der Waals surface area (Å²) in [6.45, 7) is 12.6. The average Bonchev–Trinajstić information content (AvgIpc) is 3.51. The molecule has 1 unspecified atom stereocenters. The SMILES string of the molecule is CC[C@H]1OC(=O)[C@H](C)C(=O)[C@H](C)[C@@H](OC2O[C@H](C)C[C@H](N(C)C)[C@H]2O)[C@@](C)(OC)C[C@@H](C)C(=O)[C@H](C)[C@@H]2[C@@H]1OC(=O)N2CCCCc1ccc2ccccc2n1. The summed E-state index contributed by atoms with van der Waals surface area (Å²) in [5.41, 5.74) is 0.633. The number of ether oxygens (including phenoxy) is 5. The molecule has 4 heterocycles. The van der Waals surface area contributed by atoms with Gasteiger partial charge < -0.3 is 38.6 Å². The second kappa shape index (κ2) is 18.4. The van der Waals surface area contributed by atoms with Crippen molar-refractivity contribution in [3.8, 4) is 0 Å². The number of methoxy groups -OCH3 is 1. The molecule has 3 saturated heterocycles. The van der Waals surface area contributed by atoms with Crippen LogP contribution in [0, 0.1) is 23.7 Å². The fourth-order valence-corrected chi connectivity index (χ4v) is 9.00. The molecule has 3 fully saturated rings. The van der Waals surface area contributed by atoms with E-state index in [2.05, 4.69) is 6.07 Å². The Balaban J connectivity index is 1.42. The van der Waals surface area contributed by atoms with Gasteiger partial charge in [0, 0.05) is 48.5 Å². The number of para-hydroxylation sites is 1. The summed E-state index contributed by atoms with van der Waals surface area (Å²) in [5, 5.41) is 12.5. The molecule has 13 nitrogen and oxygen atoms in total. The molecule has 2 aromatic rings. The van der Waals surface area contributed by atoms with Crippen LogP contribution in [0.2, 0.25) is 0 Å². The van der Waals surface area contributed by atoms with Crippen LogP contribution in [0.15, 0.2) is 36.4 Å². The van der Waals surface area contributed by atoms with Crippen molar-refractivity contribution in [3.63, 3.8) is 0 Å². The monoisotopic (exact) mass is 781 g/mol. The van der Waals surface area contributed by atoms with Crippen molar-refractivity contribution in [2.45, 2.75) is 141 Å². The first-order chi connectivity index (χ1) is 26.5. The number of cyclic esters (lactones) is 1. The Morgan fingerprint density at radius 2 is 1.68 bits per heavy atom. The molecular weight excluding hydrogens is 718 g/mol. The number of carbonyl (C=O) groups is 4. The Kier molecular flexibility index (Phi) is 14.3. The largest absolute Gasteiger partial charge is 0.458 e. The molecule has 13 heteroatoms. The second-order valence-electron chi connectivity index (χ2n) is 16.7.